The first-order chi connectivity index (χ1) is 13.0. The van der Waals surface area contributed by atoms with Gasteiger partial charge in [-0.05, 0) is 49.6 Å². The second-order valence-electron chi connectivity index (χ2n) is 7.06. The maximum absolute atomic E-state index is 13.1. The van der Waals surface area contributed by atoms with Gasteiger partial charge in [0.15, 0.2) is 0 Å². The Hall–Kier alpha value is -2.76. The van der Waals surface area contributed by atoms with Crippen molar-refractivity contribution in [1.29, 1.82) is 0 Å². The minimum atomic E-state index is -0.0303. The molecule has 1 saturated heterocycles. The highest BCUT2D eigenvalue weighted by Gasteiger charge is 2.25. The van der Waals surface area contributed by atoms with E-state index >= 15 is 0 Å². The van der Waals surface area contributed by atoms with Gasteiger partial charge in [0.2, 0.25) is 5.91 Å². The number of amides is 2. The van der Waals surface area contributed by atoms with Crippen LogP contribution in [0.1, 0.15) is 33.6 Å². The Morgan fingerprint density at radius 2 is 1.85 bits per heavy atom. The Morgan fingerprint density at radius 1 is 1.11 bits per heavy atom. The van der Waals surface area contributed by atoms with Gasteiger partial charge < -0.3 is 19.5 Å². The fraction of sp³-hybridized carbons (Fsp3) is 0.429. The SMILES string of the molecule is COc1c(C)cc(C)cc1C(=O)N1CCCN(C(=O)Cc2ccc[nH]2)CC1. The molecule has 0 aliphatic carbocycles. The quantitative estimate of drug-likeness (QED) is 0.901. The number of aryl methyl sites for hydroxylation is 2. The van der Waals surface area contributed by atoms with Crippen molar-refractivity contribution < 1.29 is 14.3 Å². The number of hydrogen-bond donors (Lipinski definition) is 1. The second-order valence-corrected chi connectivity index (χ2v) is 7.06. The molecule has 0 saturated carbocycles. The smallest absolute Gasteiger partial charge is 0.257 e. The molecule has 144 valence electrons. The average molecular weight is 369 g/mol. The Labute approximate surface area is 160 Å². The predicted molar refractivity (Wildman–Crippen MR) is 104 cm³/mol. The van der Waals surface area contributed by atoms with E-state index in [0.29, 0.717) is 43.9 Å². The van der Waals surface area contributed by atoms with E-state index in [2.05, 4.69) is 4.98 Å². The van der Waals surface area contributed by atoms with E-state index in [9.17, 15) is 9.59 Å². The van der Waals surface area contributed by atoms with Crippen molar-refractivity contribution in [3.8, 4) is 5.75 Å². The zero-order chi connectivity index (χ0) is 19.4. The first-order valence-electron chi connectivity index (χ1n) is 9.34. The van der Waals surface area contributed by atoms with E-state index in [4.69, 9.17) is 4.74 Å². The van der Waals surface area contributed by atoms with E-state index < -0.39 is 0 Å². The Balaban J connectivity index is 1.69. The van der Waals surface area contributed by atoms with Crippen LogP contribution in [0.25, 0.3) is 0 Å². The van der Waals surface area contributed by atoms with Crippen LogP contribution in [-0.2, 0) is 11.2 Å². The van der Waals surface area contributed by atoms with E-state index in [1.165, 1.54) is 0 Å². The molecule has 2 heterocycles. The van der Waals surface area contributed by atoms with Crippen molar-refractivity contribution in [2.24, 2.45) is 0 Å². The van der Waals surface area contributed by atoms with E-state index in [-0.39, 0.29) is 11.8 Å². The third-order valence-electron chi connectivity index (χ3n) is 4.99. The Morgan fingerprint density at radius 3 is 2.56 bits per heavy atom. The molecule has 0 radical (unpaired) electrons. The summed E-state index contributed by atoms with van der Waals surface area (Å²) >= 11 is 0. The molecule has 1 N–H and O–H groups in total. The summed E-state index contributed by atoms with van der Waals surface area (Å²) in [5.41, 5.74) is 3.51. The van der Waals surface area contributed by atoms with Crippen LogP contribution >= 0.6 is 0 Å². The van der Waals surface area contributed by atoms with Gasteiger partial charge in [-0.1, -0.05) is 6.07 Å². The van der Waals surface area contributed by atoms with Crippen LogP contribution in [0.4, 0.5) is 0 Å². The fourth-order valence-corrected chi connectivity index (χ4v) is 3.68. The number of hydrogen-bond acceptors (Lipinski definition) is 3. The van der Waals surface area contributed by atoms with Gasteiger partial charge in [-0.25, -0.2) is 0 Å². The number of rotatable bonds is 4. The molecule has 0 unspecified atom stereocenters. The number of nitrogens with zero attached hydrogens (tertiary/aromatic N) is 2. The van der Waals surface area contributed by atoms with Crippen molar-refractivity contribution in [2.45, 2.75) is 26.7 Å². The minimum absolute atomic E-state index is 0.0303. The Kier molecular flexibility index (Phi) is 5.84. The normalized spacial score (nSPS) is 14.8. The van der Waals surface area contributed by atoms with Crippen molar-refractivity contribution in [3.63, 3.8) is 0 Å². The summed E-state index contributed by atoms with van der Waals surface area (Å²) in [7, 11) is 1.60. The first-order valence-corrected chi connectivity index (χ1v) is 9.34. The van der Waals surface area contributed by atoms with Gasteiger partial charge in [0.25, 0.3) is 5.91 Å². The molecule has 2 amide bonds. The highest BCUT2D eigenvalue weighted by molar-refractivity contribution is 5.97. The lowest BCUT2D eigenvalue weighted by atomic mass is 10.0. The summed E-state index contributed by atoms with van der Waals surface area (Å²) in [5, 5.41) is 0. The topological polar surface area (TPSA) is 65.6 Å². The lowest BCUT2D eigenvalue weighted by Crippen LogP contribution is -2.38. The van der Waals surface area contributed by atoms with Gasteiger partial charge in [0.1, 0.15) is 5.75 Å². The summed E-state index contributed by atoms with van der Waals surface area (Å²) in [6.07, 6.45) is 2.96. The lowest BCUT2D eigenvalue weighted by molar-refractivity contribution is -0.130. The number of ether oxygens (including phenoxy) is 1. The van der Waals surface area contributed by atoms with Gasteiger partial charge in [0.05, 0.1) is 19.1 Å². The summed E-state index contributed by atoms with van der Waals surface area (Å²) in [4.78, 5) is 32.4. The molecule has 27 heavy (non-hydrogen) atoms. The van der Waals surface area contributed by atoms with Crippen molar-refractivity contribution in [2.75, 3.05) is 33.3 Å². The molecule has 1 aromatic carbocycles. The van der Waals surface area contributed by atoms with Crippen molar-refractivity contribution in [3.05, 3.63) is 52.8 Å². The highest BCUT2D eigenvalue weighted by atomic mass is 16.5. The first kappa shape index (κ1) is 19.0. The van der Waals surface area contributed by atoms with Gasteiger partial charge in [-0.15, -0.1) is 0 Å². The number of nitrogens with one attached hydrogen (secondary N) is 1. The molecule has 6 heteroatoms. The largest absolute Gasteiger partial charge is 0.496 e. The zero-order valence-corrected chi connectivity index (χ0v) is 16.2. The molecule has 2 aromatic rings. The average Bonchev–Trinajstić information content (AvgIpc) is 3.01. The van der Waals surface area contributed by atoms with Gasteiger partial charge in [-0.2, -0.15) is 0 Å². The third kappa shape index (κ3) is 4.32. The summed E-state index contributed by atoms with van der Waals surface area (Å²) in [6.45, 7) is 6.33. The molecule has 0 atom stereocenters. The number of aromatic amines is 1. The molecule has 1 aliphatic heterocycles. The van der Waals surface area contributed by atoms with Crippen LogP contribution in [0.5, 0.6) is 5.75 Å². The molecule has 0 spiro atoms. The summed E-state index contributed by atoms with van der Waals surface area (Å²) in [5.74, 6) is 0.697. The monoisotopic (exact) mass is 369 g/mol. The maximum atomic E-state index is 13.1. The maximum Gasteiger partial charge on any atom is 0.257 e. The van der Waals surface area contributed by atoms with Crippen LogP contribution in [0.15, 0.2) is 30.5 Å². The number of benzene rings is 1. The summed E-state index contributed by atoms with van der Waals surface area (Å²) < 4.78 is 5.48. The van der Waals surface area contributed by atoms with Crippen LogP contribution in [0.3, 0.4) is 0 Å². The van der Waals surface area contributed by atoms with Gasteiger partial charge in [-0.3, -0.25) is 9.59 Å². The number of H-pyrrole nitrogens is 1. The van der Waals surface area contributed by atoms with Crippen molar-refractivity contribution in [1.82, 2.24) is 14.8 Å². The Bertz CT molecular complexity index is 814. The van der Waals surface area contributed by atoms with E-state index in [0.717, 1.165) is 23.2 Å². The zero-order valence-electron chi connectivity index (χ0n) is 16.2. The number of carbonyl (C=O) groups is 2. The second kappa shape index (κ2) is 8.29. The number of methoxy groups -OCH3 is 1. The molecule has 3 rings (SSSR count). The molecule has 1 fully saturated rings. The van der Waals surface area contributed by atoms with Crippen LogP contribution in [-0.4, -0.2) is 59.9 Å². The summed E-state index contributed by atoms with van der Waals surface area (Å²) in [6, 6.07) is 7.70. The molecule has 1 aromatic heterocycles. The molecular weight excluding hydrogens is 342 g/mol. The van der Waals surface area contributed by atoms with Crippen molar-refractivity contribution >= 4 is 11.8 Å². The molecule has 0 bridgehead atoms. The standard InChI is InChI=1S/C21H27N3O3/c1-15-12-16(2)20(27-3)18(13-15)21(26)24-9-5-8-23(10-11-24)19(25)14-17-6-4-7-22-17/h4,6-7,12-13,22H,5,8-11,14H2,1-3H3. The van der Waals surface area contributed by atoms with Gasteiger partial charge in [0, 0.05) is 38.1 Å². The predicted octanol–water partition coefficient (Wildman–Crippen LogP) is 2.56. The molecule has 6 nitrogen and oxygen atoms in total. The number of aromatic nitrogens is 1. The van der Waals surface area contributed by atoms with Crippen LogP contribution in [0.2, 0.25) is 0 Å². The molecular formula is C21H27N3O3. The highest BCUT2D eigenvalue weighted by Crippen LogP contribution is 2.26. The van der Waals surface area contributed by atoms with Crippen LogP contribution < -0.4 is 4.74 Å². The van der Waals surface area contributed by atoms with E-state index in [1.54, 1.807) is 7.11 Å². The van der Waals surface area contributed by atoms with E-state index in [1.807, 2.05) is 54.1 Å². The third-order valence-corrected chi connectivity index (χ3v) is 4.99. The molecule has 1 aliphatic rings. The number of carbonyl (C=O) groups excluding carboxylic acids is 2. The van der Waals surface area contributed by atoms with Gasteiger partial charge >= 0.3 is 0 Å². The lowest BCUT2D eigenvalue weighted by Gasteiger charge is -2.23. The fourth-order valence-electron chi connectivity index (χ4n) is 3.68. The minimum Gasteiger partial charge on any atom is -0.496 e. The van der Waals surface area contributed by atoms with Crippen LogP contribution in [0, 0.1) is 13.8 Å².